The van der Waals surface area contributed by atoms with Crippen molar-refractivity contribution >= 4 is 11.6 Å². The second kappa shape index (κ2) is 7.48. The van der Waals surface area contributed by atoms with Gasteiger partial charge in [-0.25, -0.2) is 4.98 Å². The number of halogens is 1. The van der Waals surface area contributed by atoms with Crippen LogP contribution in [-0.4, -0.2) is 31.3 Å². The van der Waals surface area contributed by atoms with E-state index in [2.05, 4.69) is 10.3 Å². The highest BCUT2D eigenvalue weighted by Crippen LogP contribution is 2.18. The Kier molecular flexibility index (Phi) is 6.26. The fraction of sp³-hybridized carbons (Fsp3) is 0.583. The highest BCUT2D eigenvalue weighted by atomic mass is 35.5. The number of aromatic nitrogens is 1. The molecule has 0 saturated heterocycles. The molecule has 0 saturated carbocycles. The first kappa shape index (κ1) is 14.2. The summed E-state index contributed by atoms with van der Waals surface area (Å²) >= 11 is 6.01. The maximum absolute atomic E-state index is 6.01. The van der Waals surface area contributed by atoms with Crippen LogP contribution in [0.3, 0.4) is 0 Å². The van der Waals surface area contributed by atoms with E-state index in [0.29, 0.717) is 30.7 Å². The Balaban J connectivity index is 2.61. The average molecular weight is 259 g/mol. The van der Waals surface area contributed by atoms with Gasteiger partial charge in [0, 0.05) is 19.2 Å². The van der Waals surface area contributed by atoms with Crippen molar-refractivity contribution in [3.8, 4) is 5.88 Å². The standard InChI is InChI=1S/C12H19ClN2O2/c1-4-16-8-9(2)17-12-6-5-10(13)11(15-12)7-14-3/h5-6,9,14H,4,7-8H2,1-3H3. The van der Waals surface area contributed by atoms with Crippen LogP contribution in [0.4, 0.5) is 0 Å². The SMILES string of the molecule is CCOCC(C)Oc1ccc(Cl)c(CNC)n1. The number of nitrogens with one attached hydrogen (secondary N) is 1. The fourth-order valence-corrected chi connectivity index (χ4v) is 1.52. The van der Waals surface area contributed by atoms with E-state index >= 15 is 0 Å². The van der Waals surface area contributed by atoms with Crippen molar-refractivity contribution in [3.63, 3.8) is 0 Å². The van der Waals surface area contributed by atoms with Crippen molar-refractivity contribution in [2.24, 2.45) is 0 Å². The van der Waals surface area contributed by atoms with Gasteiger partial charge in [0.15, 0.2) is 0 Å². The molecule has 0 aliphatic rings. The molecule has 0 aliphatic carbocycles. The molecule has 5 heteroatoms. The number of hydrogen-bond acceptors (Lipinski definition) is 4. The molecule has 1 aromatic rings. The molecular weight excluding hydrogens is 240 g/mol. The van der Waals surface area contributed by atoms with Crippen LogP contribution in [0.5, 0.6) is 5.88 Å². The first-order valence-corrected chi connectivity index (χ1v) is 6.09. The fourth-order valence-electron chi connectivity index (χ4n) is 1.35. The molecule has 1 unspecified atom stereocenters. The molecule has 0 bridgehead atoms. The molecule has 1 rings (SSSR count). The maximum Gasteiger partial charge on any atom is 0.213 e. The lowest BCUT2D eigenvalue weighted by Gasteiger charge is -2.14. The van der Waals surface area contributed by atoms with Crippen LogP contribution >= 0.6 is 11.6 Å². The number of pyridine rings is 1. The Morgan fingerprint density at radius 1 is 1.47 bits per heavy atom. The van der Waals surface area contributed by atoms with E-state index in [1.165, 1.54) is 0 Å². The summed E-state index contributed by atoms with van der Waals surface area (Å²) in [6, 6.07) is 3.56. The smallest absolute Gasteiger partial charge is 0.213 e. The molecule has 1 N–H and O–H groups in total. The number of rotatable bonds is 7. The maximum atomic E-state index is 6.01. The molecule has 1 atom stereocenters. The molecule has 0 aliphatic heterocycles. The molecule has 0 radical (unpaired) electrons. The third-order valence-corrected chi connectivity index (χ3v) is 2.46. The lowest BCUT2D eigenvalue weighted by atomic mass is 10.3. The Hall–Kier alpha value is -0.840. The molecule has 4 nitrogen and oxygen atoms in total. The van der Waals surface area contributed by atoms with Crippen molar-refractivity contribution < 1.29 is 9.47 Å². The van der Waals surface area contributed by atoms with Gasteiger partial charge in [0.2, 0.25) is 5.88 Å². The van der Waals surface area contributed by atoms with Crippen LogP contribution in [0.25, 0.3) is 0 Å². The Bertz CT molecular complexity index is 347. The lowest BCUT2D eigenvalue weighted by Crippen LogP contribution is -2.20. The van der Waals surface area contributed by atoms with E-state index in [9.17, 15) is 0 Å². The highest BCUT2D eigenvalue weighted by Gasteiger charge is 2.08. The Morgan fingerprint density at radius 2 is 2.24 bits per heavy atom. The monoisotopic (exact) mass is 258 g/mol. The summed E-state index contributed by atoms with van der Waals surface area (Å²) in [5.41, 5.74) is 0.787. The van der Waals surface area contributed by atoms with Crippen LogP contribution < -0.4 is 10.1 Å². The van der Waals surface area contributed by atoms with E-state index in [-0.39, 0.29) is 6.10 Å². The van der Waals surface area contributed by atoms with Gasteiger partial charge in [-0.2, -0.15) is 0 Å². The van der Waals surface area contributed by atoms with Gasteiger partial charge in [0.05, 0.1) is 17.3 Å². The van der Waals surface area contributed by atoms with Gasteiger partial charge in [-0.1, -0.05) is 11.6 Å². The zero-order chi connectivity index (χ0) is 12.7. The Morgan fingerprint density at radius 3 is 2.88 bits per heavy atom. The number of hydrogen-bond donors (Lipinski definition) is 1. The minimum absolute atomic E-state index is 0.0222. The highest BCUT2D eigenvalue weighted by molar-refractivity contribution is 6.31. The van der Waals surface area contributed by atoms with Gasteiger partial charge < -0.3 is 14.8 Å². The van der Waals surface area contributed by atoms with Crippen LogP contribution in [0, 0.1) is 0 Å². The van der Waals surface area contributed by atoms with Gasteiger partial charge in [0.1, 0.15) is 6.10 Å². The second-order valence-electron chi connectivity index (χ2n) is 3.70. The summed E-state index contributed by atoms with van der Waals surface area (Å²) in [5.74, 6) is 0.576. The first-order chi connectivity index (χ1) is 8.17. The summed E-state index contributed by atoms with van der Waals surface area (Å²) in [6.07, 6.45) is -0.0222. The summed E-state index contributed by atoms with van der Waals surface area (Å²) in [4.78, 5) is 4.34. The minimum Gasteiger partial charge on any atom is -0.472 e. The van der Waals surface area contributed by atoms with Gasteiger partial charge >= 0.3 is 0 Å². The van der Waals surface area contributed by atoms with E-state index in [0.717, 1.165) is 5.69 Å². The van der Waals surface area contributed by atoms with E-state index in [1.54, 1.807) is 12.1 Å². The molecule has 0 fully saturated rings. The quantitative estimate of drug-likeness (QED) is 0.815. The third kappa shape index (κ3) is 4.89. The van der Waals surface area contributed by atoms with Crippen molar-refractivity contribution in [1.29, 1.82) is 0 Å². The number of nitrogens with zero attached hydrogens (tertiary/aromatic N) is 1. The molecule has 0 aromatic carbocycles. The molecule has 96 valence electrons. The largest absolute Gasteiger partial charge is 0.472 e. The first-order valence-electron chi connectivity index (χ1n) is 5.71. The van der Waals surface area contributed by atoms with Crippen LogP contribution in [0.15, 0.2) is 12.1 Å². The molecule has 1 heterocycles. The summed E-state index contributed by atoms with van der Waals surface area (Å²) in [7, 11) is 1.85. The van der Waals surface area contributed by atoms with Gasteiger partial charge in [0.25, 0.3) is 0 Å². The van der Waals surface area contributed by atoms with E-state index < -0.39 is 0 Å². The predicted molar refractivity (Wildman–Crippen MR) is 68.6 cm³/mol. The number of ether oxygens (including phenoxy) is 2. The van der Waals surface area contributed by atoms with Crippen LogP contribution in [0.1, 0.15) is 19.5 Å². The molecule has 17 heavy (non-hydrogen) atoms. The minimum atomic E-state index is -0.0222. The second-order valence-corrected chi connectivity index (χ2v) is 4.10. The van der Waals surface area contributed by atoms with Gasteiger partial charge in [-0.05, 0) is 27.0 Å². The molecule has 0 spiro atoms. The third-order valence-electron chi connectivity index (χ3n) is 2.12. The summed E-state index contributed by atoms with van der Waals surface area (Å²) in [5, 5.41) is 3.66. The predicted octanol–water partition coefficient (Wildman–Crippen LogP) is 2.26. The molecular formula is C12H19ClN2O2. The van der Waals surface area contributed by atoms with E-state index in [4.69, 9.17) is 21.1 Å². The van der Waals surface area contributed by atoms with Crippen LogP contribution in [-0.2, 0) is 11.3 Å². The van der Waals surface area contributed by atoms with Crippen molar-refractivity contribution in [2.75, 3.05) is 20.3 Å². The van der Waals surface area contributed by atoms with E-state index in [1.807, 2.05) is 20.9 Å². The average Bonchev–Trinajstić information content (AvgIpc) is 2.31. The van der Waals surface area contributed by atoms with Gasteiger partial charge in [-0.15, -0.1) is 0 Å². The van der Waals surface area contributed by atoms with Crippen molar-refractivity contribution in [1.82, 2.24) is 10.3 Å². The van der Waals surface area contributed by atoms with Crippen LogP contribution in [0.2, 0.25) is 5.02 Å². The summed E-state index contributed by atoms with van der Waals surface area (Å²) in [6.45, 7) is 5.77. The summed E-state index contributed by atoms with van der Waals surface area (Å²) < 4.78 is 10.9. The topological polar surface area (TPSA) is 43.4 Å². The molecule has 1 aromatic heterocycles. The van der Waals surface area contributed by atoms with Crippen molar-refractivity contribution in [3.05, 3.63) is 22.8 Å². The van der Waals surface area contributed by atoms with Crippen molar-refractivity contribution in [2.45, 2.75) is 26.5 Å². The normalized spacial score (nSPS) is 12.5. The Labute approximate surface area is 107 Å². The zero-order valence-corrected chi connectivity index (χ0v) is 11.3. The van der Waals surface area contributed by atoms with Gasteiger partial charge in [-0.3, -0.25) is 0 Å². The molecule has 0 amide bonds. The zero-order valence-electron chi connectivity index (χ0n) is 10.5. The lowest BCUT2D eigenvalue weighted by molar-refractivity contribution is 0.0632.